The van der Waals surface area contributed by atoms with E-state index in [2.05, 4.69) is 26.3 Å². The second-order valence-corrected chi connectivity index (χ2v) is 4.44. The Hall–Kier alpha value is -1.82. The number of aryl methyl sites for hydroxylation is 1. The topological polar surface area (TPSA) is 72.9 Å². The molecule has 1 heterocycles. The van der Waals surface area contributed by atoms with Gasteiger partial charge in [0, 0.05) is 17.2 Å². The van der Waals surface area contributed by atoms with E-state index in [0.717, 1.165) is 4.47 Å². The summed E-state index contributed by atoms with van der Waals surface area (Å²) in [6.45, 7) is 0. The number of nitrogens with two attached hydrogens (primary N) is 1. The molecule has 3 N–H and O–H groups in total. The van der Waals surface area contributed by atoms with Crippen molar-refractivity contribution in [3.8, 4) is 0 Å². The van der Waals surface area contributed by atoms with Crippen LogP contribution in [-0.4, -0.2) is 15.7 Å². The van der Waals surface area contributed by atoms with E-state index >= 15 is 0 Å². The molecule has 0 aliphatic heterocycles. The van der Waals surface area contributed by atoms with Gasteiger partial charge in [0.2, 0.25) is 0 Å². The van der Waals surface area contributed by atoms with Crippen LogP contribution in [0, 0.1) is 0 Å². The molecule has 0 saturated carbocycles. The Morgan fingerprint density at radius 2 is 2.06 bits per heavy atom. The third kappa shape index (κ3) is 2.47. The zero-order chi connectivity index (χ0) is 12.4. The van der Waals surface area contributed by atoms with Crippen LogP contribution in [0.25, 0.3) is 0 Å². The van der Waals surface area contributed by atoms with Gasteiger partial charge in [-0.15, -0.1) is 0 Å². The minimum Gasteiger partial charge on any atom is -0.383 e. The summed E-state index contributed by atoms with van der Waals surface area (Å²) in [5, 5.41) is 6.66. The van der Waals surface area contributed by atoms with Crippen LogP contribution >= 0.6 is 15.9 Å². The van der Waals surface area contributed by atoms with Gasteiger partial charge >= 0.3 is 0 Å². The number of carbonyl (C=O) groups is 1. The number of aromatic nitrogens is 2. The van der Waals surface area contributed by atoms with Gasteiger partial charge in [0.05, 0.1) is 6.20 Å². The van der Waals surface area contributed by atoms with Gasteiger partial charge in [-0.2, -0.15) is 5.10 Å². The van der Waals surface area contributed by atoms with Crippen molar-refractivity contribution >= 4 is 33.3 Å². The van der Waals surface area contributed by atoms with Crippen molar-refractivity contribution < 1.29 is 4.79 Å². The van der Waals surface area contributed by atoms with Gasteiger partial charge in [0.15, 0.2) is 0 Å². The highest BCUT2D eigenvalue weighted by molar-refractivity contribution is 9.10. The molecule has 1 amide bonds. The maximum Gasteiger partial charge on any atom is 0.261 e. The van der Waals surface area contributed by atoms with Gasteiger partial charge in [-0.3, -0.25) is 9.48 Å². The highest BCUT2D eigenvalue weighted by atomic mass is 79.9. The summed E-state index contributed by atoms with van der Waals surface area (Å²) < 4.78 is 2.41. The number of hydrogen-bond acceptors (Lipinski definition) is 3. The molecule has 0 spiro atoms. The monoisotopic (exact) mass is 294 g/mol. The van der Waals surface area contributed by atoms with Crippen LogP contribution in [0.5, 0.6) is 0 Å². The second kappa shape index (κ2) is 4.58. The number of amides is 1. The smallest absolute Gasteiger partial charge is 0.261 e. The van der Waals surface area contributed by atoms with Gasteiger partial charge in [0.1, 0.15) is 11.4 Å². The van der Waals surface area contributed by atoms with E-state index in [9.17, 15) is 4.79 Å². The molecule has 1 aromatic carbocycles. The minimum absolute atomic E-state index is 0.266. The summed E-state index contributed by atoms with van der Waals surface area (Å²) in [5.74, 6) is 0.0811. The zero-order valence-corrected chi connectivity index (χ0v) is 10.7. The second-order valence-electron chi connectivity index (χ2n) is 3.53. The average Bonchev–Trinajstić information content (AvgIpc) is 2.63. The number of rotatable bonds is 2. The summed E-state index contributed by atoms with van der Waals surface area (Å²) in [5.41, 5.74) is 6.79. The molecule has 0 fully saturated rings. The zero-order valence-electron chi connectivity index (χ0n) is 9.14. The van der Waals surface area contributed by atoms with E-state index in [1.165, 1.54) is 10.9 Å². The first-order chi connectivity index (χ1) is 8.08. The van der Waals surface area contributed by atoms with Crippen LogP contribution in [0.15, 0.2) is 34.9 Å². The highest BCUT2D eigenvalue weighted by Gasteiger charge is 2.13. The number of anilines is 2. The molecule has 17 heavy (non-hydrogen) atoms. The van der Waals surface area contributed by atoms with Crippen LogP contribution in [-0.2, 0) is 7.05 Å². The van der Waals surface area contributed by atoms with Gasteiger partial charge in [-0.05, 0) is 24.3 Å². The standard InChI is InChI=1S/C11H11BrN4O/c1-16-10(13)9(6-14-16)11(17)15-8-4-2-7(12)3-5-8/h2-6H,13H2,1H3,(H,15,17). The normalized spacial score (nSPS) is 10.2. The predicted octanol–water partition coefficient (Wildman–Crippen LogP) is 2.02. The molecule has 0 radical (unpaired) electrons. The predicted molar refractivity (Wildman–Crippen MR) is 69.7 cm³/mol. The number of nitrogens with one attached hydrogen (secondary N) is 1. The summed E-state index contributed by atoms with van der Waals surface area (Å²) in [7, 11) is 1.69. The maximum absolute atomic E-state index is 11.9. The summed E-state index contributed by atoms with van der Waals surface area (Å²) >= 11 is 3.33. The first-order valence-corrected chi connectivity index (χ1v) is 5.71. The van der Waals surface area contributed by atoms with Gasteiger partial charge in [-0.25, -0.2) is 0 Å². The van der Waals surface area contributed by atoms with E-state index in [4.69, 9.17) is 5.73 Å². The van der Waals surface area contributed by atoms with E-state index < -0.39 is 0 Å². The van der Waals surface area contributed by atoms with Crippen LogP contribution in [0.3, 0.4) is 0 Å². The number of hydrogen-bond donors (Lipinski definition) is 2. The Kier molecular flexibility index (Phi) is 3.14. The lowest BCUT2D eigenvalue weighted by molar-refractivity contribution is 0.102. The van der Waals surface area contributed by atoms with E-state index in [1.54, 1.807) is 19.2 Å². The Morgan fingerprint density at radius 3 is 2.59 bits per heavy atom. The SMILES string of the molecule is Cn1ncc(C(=O)Nc2ccc(Br)cc2)c1N. The van der Waals surface area contributed by atoms with Crippen molar-refractivity contribution in [2.75, 3.05) is 11.1 Å². The van der Waals surface area contributed by atoms with Crippen molar-refractivity contribution in [2.24, 2.45) is 7.05 Å². The molecule has 0 bridgehead atoms. The summed E-state index contributed by atoms with van der Waals surface area (Å²) in [4.78, 5) is 11.9. The lowest BCUT2D eigenvalue weighted by Crippen LogP contribution is -2.13. The molecule has 0 aliphatic rings. The summed E-state index contributed by atoms with van der Waals surface area (Å²) in [6.07, 6.45) is 1.45. The molecular formula is C11H11BrN4O. The van der Waals surface area contributed by atoms with Gasteiger partial charge in [-0.1, -0.05) is 15.9 Å². The maximum atomic E-state index is 11.9. The summed E-state index contributed by atoms with van der Waals surface area (Å²) in [6, 6.07) is 7.30. The molecule has 0 aliphatic carbocycles. The molecular weight excluding hydrogens is 284 g/mol. The Balaban J connectivity index is 2.17. The number of nitrogen functional groups attached to an aromatic ring is 1. The molecule has 0 saturated heterocycles. The Bertz CT molecular complexity index is 547. The fourth-order valence-electron chi connectivity index (χ4n) is 1.35. The first kappa shape index (κ1) is 11.7. The molecule has 2 rings (SSSR count). The highest BCUT2D eigenvalue weighted by Crippen LogP contribution is 2.16. The van der Waals surface area contributed by atoms with Crippen molar-refractivity contribution in [3.63, 3.8) is 0 Å². The van der Waals surface area contributed by atoms with E-state index in [0.29, 0.717) is 17.1 Å². The Labute approximate surface area is 107 Å². The average molecular weight is 295 g/mol. The third-order valence-corrected chi connectivity index (χ3v) is 2.86. The Morgan fingerprint density at radius 1 is 1.41 bits per heavy atom. The molecule has 0 atom stereocenters. The van der Waals surface area contributed by atoms with Crippen LogP contribution in [0.4, 0.5) is 11.5 Å². The van der Waals surface area contributed by atoms with E-state index in [-0.39, 0.29) is 5.91 Å². The lowest BCUT2D eigenvalue weighted by Gasteiger charge is -2.04. The lowest BCUT2D eigenvalue weighted by atomic mass is 10.2. The number of halogens is 1. The number of nitrogens with zero attached hydrogens (tertiary/aromatic N) is 2. The van der Waals surface area contributed by atoms with Crippen LogP contribution in [0.1, 0.15) is 10.4 Å². The molecule has 2 aromatic rings. The van der Waals surface area contributed by atoms with Gasteiger partial charge in [0.25, 0.3) is 5.91 Å². The first-order valence-electron chi connectivity index (χ1n) is 4.92. The third-order valence-electron chi connectivity index (χ3n) is 2.33. The molecule has 1 aromatic heterocycles. The van der Waals surface area contributed by atoms with Crippen molar-refractivity contribution in [1.82, 2.24) is 9.78 Å². The number of carbonyl (C=O) groups excluding carboxylic acids is 1. The molecule has 5 nitrogen and oxygen atoms in total. The fourth-order valence-corrected chi connectivity index (χ4v) is 1.62. The van der Waals surface area contributed by atoms with Crippen molar-refractivity contribution in [1.29, 1.82) is 0 Å². The largest absolute Gasteiger partial charge is 0.383 e. The minimum atomic E-state index is -0.266. The number of benzene rings is 1. The molecule has 88 valence electrons. The van der Waals surface area contributed by atoms with Gasteiger partial charge < -0.3 is 11.1 Å². The van der Waals surface area contributed by atoms with Crippen LogP contribution < -0.4 is 11.1 Å². The molecule has 0 unspecified atom stereocenters. The van der Waals surface area contributed by atoms with E-state index in [1.807, 2.05) is 12.1 Å². The quantitative estimate of drug-likeness (QED) is 0.890. The molecule has 6 heteroatoms. The van der Waals surface area contributed by atoms with Crippen molar-refractivity contribution in [2.45, 2.75) is 0 Å². The van der Waals surface area contributed by atoms with Crippen molar-refractivity contribution in [3.05, 3.63) is 40.5 Å². The van der Waals surface area contributed by atoms with Crippen LogP contribution in [0.2, 0.25) is 0 Å². The fraction of sp³-hybridized carbons (Fsp3) is 0.0909.